The van der Waals surface area contributed by atoms with Crippen LogP contribution in [0.4, 0.5) is 0 Å². The molecule has 2 rings (SSSR count). The third kappa shape index (κ3) is 8.19. The van der Waals surface area contributed by atoms with Crippen molar-refractivity contribution < 1.29 is 14.0 Å². The molecule has 1 unspecified atom stereocenters. The van der Waals surface area contributed by atoms with E-state index in [9.17, 15) is 9.59 Å². The maximum Gasteiger partial charge on any atom is 0.286 e. The van der Waals surface area contributed by atoms with Crippen LogP contribution in [0.15, 0.2) is 9.64 Å². The standard InChI is InChI=1S/C21H36N4O3S.ClH/c1-4-9-15(10-5-2)17(23-19(27)16-11-7-6-8-12-16)18(26)20-24-25-21(28-20)29-14-13-22-3;/h15-17,22H,4-14H2,1-3H3,(H,23,27);1H. The minimum absolute atomic E-state index is 0. The first-order chi connectivity index (χ1) is 14.1. The molecule has 0 bridgehead atoms. The number of carbonyl (C=O) groups excluding carboxylic acids is 2. The van der Waals surface area contributed by atoms with Gasteiger partial charge in [0, 0.05) is 18.2 Å². The number of hydrogen-bond donors (Lipinski definition) is 2. The summed E-state index contributed by atoms with van der Waals surface area (Å²) < 4.78 is 5.62. The van der Waals surface area contributed by atoms with Crippen LogP contribution in [0.3, 0.4) is 0 Å². The van der Waals surface area contributed by atoms with Crippen LogP contribution in [0.25, 0.3) is 0 Å². The Morgan fingerprint density at radius 2 is 1.80 bits per heavy atom. The van der Waals surface area contributed by atoms with Crippen molar-refractivity contribution in [3.05, 3.63) is 5.89 Å². The van der Waals surface area contributed by atoms with E-state index in [1.54, 1.807) is 0 Å². The van der Waals surface area contributed by atoms with Gasteiger partial charge in [-0.1, -0.05) is 57.7 Å². The number of thioether (sulfide) groups is 1. The molecule has 1 heterocycles. The van der Waals surface area contributed by atoms with Crippen LogP contribution in [0.2, 0.25) is 0 Å². The molecule has 1 aliphatic carbocycles. The fourth-order valence-corrected chi connectivity index (χ4v) is 4.71. The number of aromatic nitrogens is 2. The largest absolute Gasteiger partial charge is 0.408 e. The molecule has 2 N–H and O–H groups in total. The SMILES string of the molecule is CCCC(CCC)C(NC(=O)C1CCCCC1)C(=O)c1nnc(SCCNC)o1.Cl. The maximum absolute atomic E-state index is 13.3. The zero-order valence-electron chi connectivity index (χ0n) is 18.4. The highest BCUT2D eigenvalue weighted by molar-refractivity contribution is 7.99. The predicted octanol–water partition coefficient (Wildman–Crippen LogP) is 4.27. The number of rotatable bonds is 13. The molecule has 7 nitrogen and oxygen atoms in total. The van der Waals surface area contributed by atoms with E-state index in [1.165, 1.54) is 18.2 Å². The highest BCUT2D eigenvalue weighted by atomic mass is 35.5. The van der Waals surface area contributed by atoms with Crippen molar-refractivity contribution in [1.29, 1.82) is 0 Å². The summed E-state index contributed by atoms with van der Waals surface area (Å²) in [6.45, 7) is 5.03. The van der Waals surface area contributed by atoms with Gasteiger partial charge in [0.1, 0.15) is 6.04 Å². The first-order valence-electron chi connectivity index (χ1n) is 11.1. The van der Waals surface area contributed by atoms with E-state index in [0.717, 1.165) is 63.7 Å². The van der Waals surface area contributed by atoms with Crippen LogP contribution in [0.1, 0.15) is 82.3 Å². The van der Waals surface area contributed by atoms with Crippen molar-refractivity contribution in [2.45, 2.75) is 82.9 Å². The Kier molecular flexibility index (Phi) is 13.3. The summed E-state index contributed by atoms with van der Waals surface area (Å²) in [5.41, 5.74) is 0. The lowest BCUT2D eigenvalue weighted by molar-refractivity contribution is -0.126. The van der Waals surface area contributed by atoms with E-state index in [-0.39, 0.29) is 41.8 Å². The second-order valence-corrected chi connectivity index (χ2v) is 8.89. The number of halogens is 1. The molecule has 9 heteroatoms. The number of hydrogen-bond acceptors (Lipinski definition) is 7. The van der Waals surface area contributed by atoms with Crippen LogP contribution in [-0.2, 0) is 4.79 Å². The second-order valence-electron chi connectivity index (χ2n) is 7.85. The van der Waals surface area contributed by atoms with Crippen molar-refractivity contribution in [1.82, 2.24) is 20.8 Å². The molecular formula is C21H37ClN4O3S. The minimum atomic E-state index is -0.597. The van der Waals surface area contributed by atoms with Gasteiger partial charge in [0.25, 0.3) is 11.1 Å². The third-order valence-corrected chi connectivity index (χ3v) is 6.36. The lowest BCUT2D eigenvalue weighted by atomic mass is 9.85. The molecule has 172 valence electrons. The van der Waals surface area contributed by atoms with E-state index in [4.69, 9.17) is 4.42 Å². The summed E-state index contributed by atoms with van der Waals surface area (Å²) >= 11 is 1.42. The van der Waals surface area contributed by atoms with Gasteiger partial charge in [-0.3, -0.25) is 9.59 Å². The Morgan fingerprint density at radius 3 is 2.40 bits per heavy atom. The van der Waals surface area contributed by atoms with Gasteiger partial charge >= 0.3 is 0 Å². The topological polar surface area (TPSA) is 97.1 Å². The second kappa shape index (κ2) is 14.8. The van der Waals surface area contributed by atoms with Crippen LogP contribution in [-0.4, -0.2) is 47.3 Å². The third-order valence-electron chi connectivity index (χ3n) is 5.54. The molecule has 1 amide bonds. The van der Waals surface area contributed by atoms with Crippen molar-refractivity contribution >= 4 is 35.9 Å². The molecule has 1 aliphatic rings. The lowest BCUT2D eigenvalue weighted by Crippen LogP contribution is -2.48. The van der Waals surface area contributed by atoms with Crippen molar-refractivity contribution in [3.63, 3.8) is 0 Å². The highest BCUT2D eigenvalue weighted by Crippen LogP contribution is 2.26. The summed E-state index contributed by atoms with van der Waals surface area (Å²) in [5, 5.41) is 14.5. The first kappa shape index (κ1) is 26.9. The van der Waals surface area contributed by atoms with Gasteiger partial charge in [-0.2, -0.15) is 0 Å². The molecule has 30 heavy (non-hydrogen) atoms. The summed E-state index contributed by atoms with van der Waals surface area (Å²) in [6, 6.07) is -0.597. The number of carbonyl (C=O) groups is 2. The summed E-state index contributed by atoms with van der Waals surface area (Å²) in [4.78, 5) is 26.2. The van der Waals surface area contributed by atoms with Gasteiger partial charge in [0.15, 0.2) is 0 Å². The number of ketones is 1. The molecule has 1 aromatic heterocycles. The fraction of sp³-hybridized carbons (Fsp3) is 0.810. The molecule has 0 radical (unpaired) electrons. The molecule has 1 fully saturated rings. The highest BCUT2D eigenvalue weighted by Gasteiger charge is 2.34. The van der Waals surface area contributed by atoms with Crippen LogP contribution < -0.4 is 10.6 Å². The van der Waals surface area contributed by atoms with Gasteiger partial charge in [0.05, 0.1) is 0 Å². The number of Topliss-reactive ketones (excluding diaryl/α,β-unsaturated/α-hetero) is 1. The Labute approximate surface area is 190 Å². The van der Waals surface area contributed by atoms with E-state index in [1.807, 2.05) is 7.05 Å². The van der Waals surface area contributed by atoms with Crippen molar-refractivity contribution in [3.8, 4) is 0 Å². The predicted molar refractivity (Wildman–Crippen MR) is 122 cm³/mol. The summed E-state index contributed by atoms with van der Waals surface area (Å²) in [7, 11) is 1.88. The van der Waals surface area contributed by atoms with E-state index in [2.05, 4.69) is 34.7 Å². The van der Waals surface area contributed by atoms with E-state index in [0.29, 0.717) is 5.22 Å². The molecule has 0 spiro atoms. The Morgan fingerprint density at radius 1 is 1.13 bits per heavy atom. The Balaban J connectivity index is 0.00000450. The summed E-state index contributed by atoms with van der Waals surface area (Å²) in [5.74, 6) is 0.624. The Hall–Kier alpha value is -1.12. The minimum Gasteiger partial charge on any atom is -0.408 e. The van der Waals surface area contributed by atoms with Crippen LogP contribution >= 0.6 is 24.2 Å². The number of nitrogens with zero attached hydrogens (tertiary/aromatic N) is 2. The van der Waals surface area contributed by atoms with Gasteiger partial charge in [-0.15, -0.1) is 22.6 Å². The quantitative estimate of drug-likeness (QED) is 0.257. The summed E-state index contributed by atoms with van der Waals surface area (Å²) in [6.07, 6.45) is 8.86. The number of nitrogens with one attached hydrogen (secondary N) is 2. The van der Waals surface area contributed by atoms with Gasteiger partial charge in [0.2, 0.25) is 11.7 Å². The zero-order valence-corrected chi connectivity index (χ0v) is 20.1. The molecular weight excluding hydrogens is 424 g/mol. The zero-order chi connectivity index (χ0) is 21.1. The number of amides is 1. The molecule has 1 saturated carbocycles. The fourth-order valence-electron chi connectivity index (χ4n) is 3.99. The first-order valence-corrected chi connectivity index (χ1v) is 12.0. The van der Waals surface area contributed by atoms with Gasteiger partial charge in [-0.05, 0) is 38.6 Å². The molecule has 1 aromatic rings. The molecule has 1 atom stereocenters. The molecule has 0 aliphatic heterocycles. The van der Waals surface area contributed by atoms with Gasteiger partial charge < -0.3 is 15.1 Å². The average Bonchev–Trinajstić information content (AvgIpc) is 3.21. The normalized spacial score (nSPS) is 15.6. The van der Waals surface area contributed by atoms with Crippen LogP contribution in [0, 0.1) is 11.8 Å². The monoisotopic (exact) mass is 460 g/mol. The van der Waals surface area contributed by atoms with E-state index >= 15 is 0 Å². The maximum atomic E-state index is 13.3. The van der Waals surface area contributed by atoms with Crippen molar-refractivity contribution in [2.75, 3.05) is 19.3 Å². The molecule has 0 aromatic carbocycles. The smallest absolute Gasteiger partial charge is 0.286 e. The lowest BCUT2D eigenvalue weighted by Gasteiger charge is -2.28. The Bertz CT molecular complexity index is 632. The van der Waals surface area contributed by atoms with Crippen LogP contribution in [0.5, 0.6) is 0 Å². The van der Waals surface area contributed by atoms with Gasteiger partial charge in [-0.25, -0.2) is 0 Å². The van der Waals surface area contributed by atoms with Crippen molar-refractivity contribution in [2.24, 2.45) is 11.8 Å². The van der Waals surface area contributed by atoms with E-state index < -0.39 is 6.04 Å². The molecule has 0 saturated heterocycles. The average molecular weight is 461 g/mol.